The van der Waals surface area contributed by atoms with Gasteiger partial charge in [-0.2, -0.15) is 5.10 Å². The minimum atomic E-state index is -0.395. The first-order valence-corrected chi connectivity index (χ1v) is 8.60. The number of carbonyl (C=O) groups excluding carboxylic acids is 1. The smallest absolute Gasteiger partial charge is 0.307 e. The summed E-state index contributed by atoms with van der Waals surface area (Å²) in [5, 5.41) is 4.85. The largest absolute Gasteiger partial charge is 0.488 e. The Morgan fingerprint density at radius 3 is 2.88 bits per heavy atom. The molecule has 0 saturated carbocycles. The Hall–Kier alpha value is -2.61. The first-order valence-electron chi connectivity index (χ1n) is 7.52. The minimum absolute atomic E-state index is 0.223. The maximum absolute atomic E-state index is 12.1. The van der Waals surface area contributed by atoms with E-state index in [4.69, 9.17) is 9.15 Å². The summed E-state index contributed by atoms with van der Waals surface area (Å²) in [6.07, 6.45) is 3.26. The summed E-state index contributed by atoms with van der Waals surface area (Å²) in [5.41, 5.74) is 3.98. The van der Waals surface area contributed by atoms with E-state index in [2.05, 4.69) is 39.7 Å². The molecule has 0 spiro atoms. The van der Waals surface area contributed by atoms with Gasteiger partial charge < -0.3 is 9.15 Å². The molecule has 0 atom stereocenters. The number of fused-ring (bicyclic) bond motifs is 1. The van der Waals surface area contributed by atoms with Crippen molar-refractivity contribution in [3.63, 3.8) is 0 Å². The second kappa shape index (κ2) is 7.98. The number of furan rings is 1. The number of ether oxygens (including phenoxy) is 1. The van der Waals surface area contributed by atoms with E-state index in [0.717, 1.165) is 20.3 Å². The Bertz CT molecular complexity index is 914. The van der Waals surface area contributed by atoms with Crippen molar-refractivity contribution < 1.29 is 13.9 Å². The van der Waals surface area contributed by atoms with E-state index in [0.29, 0.717) is 12.2 Å². The summed E-state index contributed by atoms with van der Waals surface area (Å²) in [6.45, 7) is 4.08. The number of hydrogen-bond donors (Lipinski definition) is 1. The maximum Gasteiger partial charge on any atom is 0.307 e. The first kappa shape index (κ1) is 17.2. The summed E-state index contributed by atoms with van der Waals surface area (Å²) in [4.78, 5) is 12.1. The van der Waals surface area contributed by atoms with Crippen LogP contribution in [0.3, 0.4) is 0 Å². The van der Waals surface area contributed by atoms with Crippen molar-refractivity contribution in [3.8, 4) is 5.75 Å². The van der Waals surface area contributed by atoms with Crippen LogP contribution in [0.25, 0.3) is 11.0 Å². The third-order valence-corrected chi connectivity index (χ3v) is 4.18. The van der Waals surface area contributed by atoms with Gasteiger partial charge in [-0.05, 0) is 58.5 Å². The number of nitrogens with zero attached hydrogens (tertiary/aromatic N) is 1. The lowest BCUT2D eigenvalue weighted by Gasteiger charge is -2.06. The van der Waals surface area contributed by atoms with Gasteiger partial charge >= 0.3 is 5.91 Å². The van der Waals surface area contributed by atoms with Gasteiger partial charge in [0.2, 0.25) is 0 Å². The molecule has 0 unspecified atom stereocenters. The highest BCUT2D eigenvalue weighted by molar-refractivity contribution is 14.1. The maximum atomic E-state index is 12.1. The van der Waals surface area contributed by atoms with Crippen LogP contribution in [0.1, 0.15) is 16.1 Å². The van der Waals surface area contributed by atoms with E-state index in [-0.39, 0.29) is 5.76 Å². The second-order valence-electron chi connectivity index (χ2n) is 5.14. The van der Waals surface area contributed by atoms with E-state index in [1.54, 1.807) is 18.4 Å². The third kappa shape index (κ3) is 4.27. The fraction of sp³-hybridized carbons (Fsp3) is 0.0526. The van der Waals surface area contributed by atoms with Crippen LogP contribution >= 0.6 is 22.6 Å². The quantitative estimate of drug-likeness (QED) is 0.265. The predicted octanol–water partition coefficient (Wildman–Crippen LogP) is 4.37. The fourth-order valence-electron chi connectivity index (χ4n) is 2.18. The Kier molecular flexibility index (Phi) is 5.49. The molecule has 2 aromatic carbocycles. The fourth-order valence-corrected chi connectivity index (χ4v) is 2.87. The average molecular weight is 446 g/mol. The molecule has 3 rings (SSSR count). The van der Waals surface area contributed by atoms with Gasteiger partial charge in [0.1, 0.15) is 17.9 Å². The summed E-state index contributed by atoms with van der Waals surface area (Å²) in [6, 6.07) is 14.8. The van der Waals surface area contributed by atoms with Gasteiger partial charge in [-0.15, -0.1) is 0 Å². The Labute approximate surface area is 158 Å². The zero-order valence-electron chi connectivity index (χ0n) is 13.2. The van der Waals surface area contributed by atoms with Gasteiger partial charge in [0.15, 0.2) is 5.76 Å². The topological polar surface area (TPSA) is 63.8 Å². The van der Waals surface area contributed by atoms with Crippen molar-refractivity contribution >= 4 is 45.7 Å². The summed E-state index contributed by atoms with van der Waals surface area (Å²) < 4.78 is 12.0. The molecule has 0 fully saturated rings. The van der Waals surface area contributed by atoms with Crippen molar-refractivity contribution in [2.45, 2.75) is 0 Å². The predicted molar refractivity (Wildman–Crippen MR) is 106 cm³/mol. The highest BCUT2D eigenvalue weighted by Crippen LogP contribution is 2.21. The molecule has 0 radical (unpaired) electrons. The van der Waals surface area contributed by atoms with Crippen LogP contribution in [0.2, 0.25) is 0 Å². The molecule has 126 valence electrons. The standard InChI is InChI=1S/C19H15IN2O3/c1-2-9-24-17-8-7-13(10-15(17)20)12-21-22-19(23)18-11-14-5-3-4-6-16(14)25-18/h2-8,10-12H,1,9H2,(H,22,23)/b21-12+. The van der Waals surface area contributed by atoms with Gasteiger partial charge in [0.05, 0.1) is 9.78 Å². The van der Waals surface area contributed by atoms with Crippen LogP contribution in [0.15, 0.2) is 70.7 Å². The molecule has 6 heteroatoms. The highest BCUT2D eigenvalue weighted by Gasteiger charge is 2.10. The van der Waals surface area contributed by atoms with Crippen LogP contribution in [0.4, 0.5) is 0 Å². The van der Waals surface area contributed by atoms with Crippen molar-refractivity contribution in [2.24, 2.45) is 5.10 Å². The number of para-hydroxylation sites is 1. The van der Waals surface area contributed by atoms with Crippen LogP contribution in [0.5, 0.6) is 5.75 Å². The Morgan fingerprint density at radius 1 is 1.28 bits per heavy atom. The zero-order chi connectivity index (χ0) is 17.6. The molecule has 25 heavy (non-hydrogen) atoms. The molecular formula is C19H15IN2O3. The molecular weight excluding hydrogens is 431 g/mol. The van der Waals surface area contributed by atoms with Gasteiger partial charge in [-0.1, -0.05) is 30.9 Å². The van der Waals surface area contributed by atoms with Crippen LogP contribution in [-0.4, -0.2) is 18.7 Å². The van der Waals surface area contributed by atoms with Gasteiger partial charge in [-0.3, -0.25) is 4.79 Å². The van der Waals surface area contributed by atoms with E-state index in [1.807, 2.05) is 42.5 Å². The van der Waals surface area contributed by atoms with Gasteiger partial charge in [-0.25, -0.2) is 5.43 Å². The minimum Gasteiger partial charge on any atom is -0.488 e. The van der Waals surface area contributed by atoms with Crippen molar-refractivity contribution in [2.75, 3.05) is 6.61 Å². The Morgan fingerprint density at radius 2 is 2.12 bits per heavy atom. The van der Waals surface area contributed by atoms with Gasteiger partial charge in [0.25, 0.3) is 0 Å². The van der Waals surface area contributed by atoms with E-state index >= 15 is 0 Å². The number of benzene rings is 2. The average Bonchev–Trinajstić information content (AvgIpc) is 3.05. The number of hydrazone groups is 1. The normalized spacial score (nSPS) is 10.9. The molecule has 0 saturated heterocycles. The summed E-state index contributed by atoms with van der Waals surface area (Å²) in [7, 11) is 0. The highest BCUT2D eigenvalue weighted by atomic mass is 127. The zero-order valence-corrected chi connectivity index (χ0v) is 15.4. The molecule has 1 amide bonds. The summed E-state index contributed by atoms with van der Waals surface area (Å²) in [5.74, 6) is 0.609. The molecule has 5 nitrogen and oxygen atoms in total. The molecule has 0 aliphatic rings. The number of amides is 1. The second-order valence-corrected chi connectivity index (χ2v) is 6.30. The lowest BCUT2D eigenvalue weighted by Crippen LogP contribution is -2.16. The molecule has 0 aliphatic heterocycles. The van der Waals surface area contributed by atoms with Crippen LogP contribution in [-0.2, 0) is 0 Å². The number of nitrogens with one attached hydrogen (secondary N) is 1. The molecule has 3 aromatic rings. The van der Waals surface area contributed by atoms with E-state index < -0.39 is 5.91 Å². The Balaban J connectivity index is 1.65. The molecule has 0 bridgehead atoms. The van der Waals surface area contributed by atoms with E-state index in [9.17, 15) is 4.79 Å². The lowest BCUT2D eigenvalue weighted by molar-refractivity contribution is 0.0929. The molecule has 1 heterocycles. The third-order valence-electron chi connectivity index (χ3n) is 3.34. The van der Waals surface area contributed by atoms with Crippen LogP contribution in [0, 0.1) is 3.57 Å². The number of halogens is 1. The molecule has 0 aliphatic carbocycles. The lowest BCUT2D eigenvalue weighted by atomic mass is 10.2. The van der Waals surface area contributed by atoms with E-state index in [1.165, 1.54) is 0 Å². The monoisotopic (exact) mass is 446 g/mol. The van der Waals surface area contributed by atoms with Crippen molar-refractivity contribution in [3.05, 3.63) is 76.1 Å². The number of carbonyl (C=O) groups is 1. The van der Waals surface area contributed by atoms with Crippen molar-refractivity contribution in [1.82, 2.24) is 5.43 Å². The first-order chi connectivity index (χ1) is 12.2. The molecule has 1 N–H and O–H groups in total. The number of hydrogen-bond acceptors (Lipinski definition) is 4. The van der Waals surface area contributed by atoms with Crippen molar-refractivity contribution in [1.29, 1.82) is 0 Å². The van der Waals surface area contributed by atoms with Gasteiger partial charge in [0, 0.05) is 5.39 Å². The molecule has 1 aromatic heterocycles. The SMILES string of the molecule is C=CCOc1ccc(/C=N/NC(=O)c2cc3ccccc3o2)cc1I. The number of rotatable bonds is 6. The summed E-state index contributed by atoms with van der Waals surface area (Å²) >= 11 is 2.18. The van der Waals surface area contributed by atoms with Crippen LogP contribution < -0.4 is 10.2 Å².